The lowest BCUT2D eigenvalue weighted by atomic mass is 9.97. The quantitative estimate of drug-likeness (QED) is 0.670. The number of anilines is 1. The summed E-state index contributed by atoms with van der Waals surface area (Å²) in [4.78, 5) is 19.3. The largest absolute Gasteiger partial charge is 0.364 e. The van der Waals surface area contributed by atoms with Gasteiger partial charge in [-0.3, -0.25) is 4.79 Å². The number of nitrogens with two attached hydrogens (primary N) is 1. The van der Waals surface area contributed by atoms with E-state index in [4.69, 9.17) is 10.7 Å². The molecule has 0 fully saturated rings. The van der Waals surface area contributed by atoms with Crippen molar-refractivity contribution in [1.29, 1.82) is 0 Å². The maximum Gasteiger partial charge on any atom is 0.238 e. The molecule has 0 aliphatic carbocycles. The molecule has 8 heteroatoms. The Morgan fingerprint density at radius 3 is 2.58 bits per heavy atom. The van der Waals surface area contributed by atoms with E-state index in [-0.39, 0.29) is 24.1 Å². The Labute approximate surface area is 179 Å². The highest BCUT2D eigenvalue weighted by atomic mass is 19.1. The second kappa shape index (κ2) is 7.77. The van der Waals surface area contributed by atoms with Crippen LogP contribution in [0.3, 0.4) is 0 Å². The van der Waals surface area contributed by atoms with Crippen LogP contribution in [0.5, 0.6) is 0 Å². The van der Waals surface area contributed by atoms with Gasteiger partial charge in [-0.2, -0.15) is 0 Å². The minimum absolute atomic E-state index is 0.157. The lowest BCUT2D eigenvalue weighted by molar-refractivity contribution is -0.140. The molecule has 3 N–H and O–H groups in total. The minimum atomic E-state index is -0.784. The van der Waals surface area contributed by atoms with E-state index in [1.165, 1.54) is 18.2 Å². The van der Waals surface area contributed by atoms with Crippen molar-refractivity contribution in [3.8, 4) is 11.3 Å². The van der Waals surface area contributed by atoms with Gasteiger partial charge in [0.1, 0.15) is 23.6 Å². The first kappa shape index (κ1) is 21.0. The zero-order valence-electron chi connectivity index (χ0n) is 17.7. The molecule has 3 aromatic rings. The monoisotopic (exact) mass is 425 g/mol. The average Bonchev–Trinajstić information content (AvgIpc) is 3.16. The van der Waals surface area contributed by atoms with Crippen LogP contribution in [0.2, 0.25) is 0 Å². The molecule has 1 amide bonds. The van der Waals surface area contributed by atoms with Gasteiger partial charge in [0.05, 0.1) is 24.3 Å². The Morgan fingerprint density at radius 2 is 1.94 bits per heavy atom. The van der Waals surface area contributed by atoms with Gasteiger partial charge in [0, 0.05) is 17.4 Å². The number of rotatable bonds is 4. The van der Waals surface area contributed by atoms with Gasteiger partial charge in [0.2, 0.25) is 5.91 Å². The summed E-state index contributed by atoms with van der Waals surface area (Å²) in [5.74, 6) is -0.185. The van der Waals surface area contributed by atoms with Crippen LogP contribution in [-0.2, 0) is 16.9 Å². The number of hydrogen-bond donors (Lipinski definition) is 2. The molecule has 1 unspecified atom stereocenters. The summed E-state index contributed by atoms with van der Waals surface area (Å²) in [7, 11) is 0. The molecule has 0 spiro atoms. The predicted molar refractivity (Wildman–Crippen MR) is 115 cm³/mol. The SMILES string of the molecule is Cc1ccc(NC2Cn3cc(-c4ccc(F)cc4)nc3C(C)(C)N2C(=O)CN)cc1F. The van der Waals surface area contributed by atoms with Crippen LogP contribution in [0.15, 0.2) is 48.7 Å². The average molecular weight is 425 g/mol. The van der Waals surface area contributed by atoms with Crippen molar-refractivity contribution in [3.05, 3.63) is 71.7 Å². The number of carbonyl (C=O) groups excluding carboxylic acids is 1. The fourth-order valence-electron chi connectivity index (χ4n) is 4.14. The van der Waals surface area contributed by atoms with Crippen molar-refractivity contribution in [2.45, 2.75) is 39.0 Å². The summed E-state index contributed by atoms with van der Waals surface area (Å²) in [6.45, 7) is 5.74. The van der Waals surface area contributed by atoms with Crippen molar-refractivity contribution in [2.24, 2.45) is 5.73 Å². The summed E-state index contributed by atoms with van der Waals surface area (Å²) in [5.41, 5.74) is 7.51. The zero-order chi connectivity index (χ0) is 22.3. The minimum Gasteiger partial charge on any atom is -0.364 e. The third-order valence-corrected chi connectivity index (χ3v) is 5.70. The van der Waals surface area contributed by atoms with Gasteiger partial charge >= 0.3 is 0 Å². The highest BCUT2D eigenvalue weighted by molar-refractivity contribution is 5.80. The number of nitrogens with zero attached hydrogens (tertiary/aromatic N) is 3. The third kappa shape index (κ3) is 3.79. The lowest BCUT2D eigenvalue weighted by Gasteiger charge is -2.47. The fourth-order valence-corrected chi connectivity index (χ4v) is 4.14. The Bertz CT molecular complexity index is 1120. The van der Waals surface area contributed by atoms with Gasteiger partial charge in [0.25, 0.3) is 0 Å². The molecule has 2 heterocycles. The van der Waals surface area contributed by atoms with Crippen LogP contribution in [0.25, 0.3) is 11.3 Å². The van der Waals surface area contributed by atoms with E-state index in [2.05, 4.69) is 5.32 Å². The van der Waals surface area contributed by atoms with Crippen molar-refractivity contribution in [3.63, 3.8) is 0 Å². The number of aryl methyl sites for hydroxylation is 1. The van der Waals surface area contributed by atoms with Crippen molar-refractivity contribution in [1.82, 2.24) is 14.5 Å². The van der Waals surface area contributed by atoms with Crippen LogP contribution < -0.4 is 11.1 Å². The van der Waals surface area contributed by atoms with Crippen molar-refractivity contribution < 1.29 is 13.6 Å². The smallest absolute Gasteiger partial charge is 0.238 e. The lowest BCUT2D eigenvalue weighted by Crippen LogP contribution is -2.61. The summed E-state index contributed by atoms with van der Waals surface area (Å²) < 4.78 is 29.4. The van der Waals surface area contributed by atoms with Crippen LogP contribution in [0, 0.1) is 18.6 Å². The molecule has 162 valence electrons. The number of aromatic nitrogens is 2. The van der Waals surface area contributed by atoms with E-state index in [0.29, 0.717) is 29.3 Å². The van der Waals surface area contributed by atoms with Gasteiger partial charge in [0.15, 0.2) is 0 Å². The number of halogens is 2. The maximum absolute atomic E-state index is 14.1. The van der Waals surface area contributed by atoms with Crippen molar-refractivity contribution >= 4 is 11.6 Å². The molecule has 1 aromatic heterocycles. The molecule has 1 atom stereocenters. The van der Waals surface area contributed by atoms with Crippen LogP contribution in [-0.4, -0.2) is 33.1 Å². The van der Waals surface area contributed by atoms with Crippen molar-refractivity contribution in [2.75, 3.05) is 11.9 Å². The van der Waals surface area contributed by atoms with E-state index in [1.807, 2.05) is 24.6 Å². The molecule has 1 aliphatic heterocycles. The third-order valence-electron chi connectivity index (χ3n) is 5.70. The second-order valence-electron chi connectivity index (χ2n) is 8.26. The molecule has 0 saturated carbocycles. The van der Waals surface area contributed by atoms with E-state index >= 15 is 0 Å². The maximum atomic E-state index is 14.1. The first-order valence-electron chi connectivity index (χ1n) is 10.1. The first-order chi connectivity index (χ1) is 14.7. The van der Waals surface area contributed by atoms with E-state index in [0.717, 1.165) is 5.56 Å². The van der Waals surface area contributed by atoms with Gasteiger partial charge in [-0.25, -0.2) is 13.8 Å². The second-order valence-corrected chi connectivity index (χ2v) is 8.26. The van der Waals surface area contributed by atoms with E-state index < -0.39 is 11.7 Å². The Balaban J connectivity index is 1.74. The molecule has 0 radical (unpaired) electrons. The molecule has 6 nitrogen and oxygen atoms in total. The van der Waals surface area contributed by atoms with Gasteiger partial charge in [-0.05, 0) is 62.7 Å². The predicted octanol–water partition coefficient (Wildman–Crippen LogP) is 3.61. The molecular weight excluding hydrogens is 400 g/mol. The number of amides is 1. The standard InChI is InChI=1S/C23H25F2N5O/c1-14-4-9-17(10-18(14)25)27-20-13-29-12-19(15-5-7-16(24)8-6-15)28-22(29)23(2,3)30(20)21(31)11-26/h4-10,12,20,27H,11,13,26H2,1-3H3. The Morgan fingerprint density at radius 1 is 1.23 bits per heavy atom. The highest BCUT2D eigenvalue weighted by Crippen LogP contribution is 2.36. The molecule has 0 bridgehead atoms. The number of carbonyl (C=O) groups is 1. The topological polar surface area (TPSA) is 76.2 Å². The van der Waals surface area contributed by atoms with E-state index in [9.17, 15) is 13.6 Å². The Hall–Kier alpha value is -3.26. The number of imidazole rings is 1. The van der Waals surface area contributed by atoms with Gasteiger partial charge in [-0.15, -0.1) is 0 Å². The molecule has 0 saturated heterocycles. The fraction of sp³-hybridized carbons (Fsp3) is 0.304. The number of nitrogens with one attached hydrogen (secondary N) is 1. The molecule has 2 aromatic carbocycles. The summed E-state index contributed by atoms with van der Waals surface area (Å²) in [6.07, 6.45) is 1.43. The summed E-state index contributed by atoms with van der Waals surface area (Å²) in [5, 5.41) is 3.28. The molecule has 31 heavy (non-hydrogen) atoms. The van der Waals surface area contributed by atoms with Gasteiger partial charge < -0.3 is 20.5 Å². The van der Waals surface area contributed by atoms with Crippen LogP contribution >= 0.6 is 0 Å². The number of fused-ring (bicyclic) bond motifs is 1. The molecule has 1 aliphatic rings. The number of benzene rings is 2. The normalized spacial score (nSPS) is 17.4. The summed E-state index contributed by atoms with van der Waals surface area (Å²) in [6, 6.07) is 11.0. The first-order valence-corrected chi connectivity index (χ1v) is 10.1. The molecule has 4 rings (SSSR count). The van der Waals surface area contributed by atoms with Crippen LogP contribution in [0.4, 0.5) is 14.5 Å². The van der Waals surface area contributed by atoms with Crippen LogP contribution in [0.1, 0.15) is 25.2 Å². The zero-order valence-corrected chi connectivity index (χ0v) is 17.7. The number of hydrogen-bond acceptors (Lipinski definition) is 4. The molecular formula is C23H25F2N5O. The Kier molecular flexibility index (Phi) is 5.26. The van der Waals surface area contributed by atoms with E-state index in [1.54, 1.807) is 36.1 Å². The summed E-state index contributed by atoms with van der Waals surface area (Å²) >= 11 is 0. The van der Waals surface area contributed by atoms with Gasteiger partial charge in [-0.1, -0.05) is 6.07 Å². The highest BCUT2D eigenvalue weighted by Gasteiger charge is 2.44.